The highest BCUT2D eigenvalue weighted by Gasteiger charge is 2.29. The van der Waals surface area contributed by atoms with Gasteiger partial charge in [-0.3, -0.25) is 19.1 Å². The van der Waals surface area contributed by atoms with Crippen molar-refractivity contribution in [3.63, 3.8) is 0 Å². The van der Waals surface area contributed by atoms with Crippen LogP contribution in [0.3, 0.4) is 0 Å². The molecule has 0 radical (unpaired) electrons. The van der Waals surface area contributed by atoms with Crippen LogP contribution in [0, 0.1) is 11.3 Å². The van der Waals surface area contributed by atoms with Gasteiger partial charge in [0.2, 0.25) is 5.91 Å². The third-order valence-corrected chi connectivity index (χ3v) is 5.97. The first-order valence-corrected chi connectivity index (χ1v) is 12.2. The predicted molar refractivity (Wildman–Crippen MR) is 145 cm³/mol. The Kier molecular flexibility index (Phi) is 8.53. The van der Waals surface area contributed by atoms with Crippen molar-refractivity contribution in [3.05, 3.63) is 92.6 Å². The van der Waals surface area contributed by atoms with E-state index in [0.717, 1.165) is 11.1 Å². The first kappa shape index (κ1) is 26.9. The van der Waals surface area contributed by atoms with Gasteiger partial charge in [-0.05, 0) is 22.5 Å². The van der Waals surface area contributed by atoms with Crippen molar-refractivity contribution in [2.75, 3.05) is 23.7 Å². The molecule has 2 aromatic carbocycles. The largest absolute Gasteiger partial charge is 0.383 e. The fourth-order valence-corrected chi connectivity index (χ4v) is 4.30. The van der Waals surface area contributed by atoms with E-state index in [0.29, 0.717) is 0 Å². The lowest BCUT2D eigenvalue weighted by atomic mass is 9.82. The highest BCUT2D eigenvalue weighted by molar-refractivity contribution is 5.96. The number of nitrogens with two attached hydrogens (primary N) is 1. The molecule has 1 unspecified atom stereocenters. The number of carbonyl (C=O) groups is 1. The molecule has 36 heavy (non-hydrogen) atoms. The summed E-state index contributed by atoms with van der Waals surface area (Å²) in [5.41, 5.74) is 6.86. The average Bonchev–Trinajstić information content (AvgIpc) is 2.81. The number of hydrogen-bond acceptors (Lipinski definition) is 5. The van der Waals surface area contributed by atoms with Gasteiger partial charge in [0.05, 0.1) is 13.1 Å². The summed E-state index contributed by atoms with van der Waals surface area (Å²) in [6.45, 7) is 10.7. The molecule has 3 aromatic rings. The van der Waals surface area contributed by atoms with Crippen LogP contribution in [-0.2, 0) is 11.3 Å². The molecule has 1 heterocycles. The van der Waals surface area contributed by atoms with Gasteiger partial charge in [-0.1, -0.05) is 95.3 Å². The summed E-state index contributed by atoms with van der Waals surface area (Å²) in [6.07, 6.45) is 0. The smallest absolute Gasteiger partial charge is 0.330 e. The molecule has 1 amide bonds. The van der Waals surface area contributed by atoms with Crippen LogP contribution in [0.1, 0.15) is 51.8 Å². The molecule has 0 spiro atoms. The second-order valence-corrected chi connectivity index (χ2v) is 10.6. The van der Waals surface area contributed by atoms with Gasteiger partial charge in [0.25, 0.3) is 5.56 Å². The van der Waals surface area contributed by atoms with Gasteiger partial charge in [0.15, 0.2) is 5.69 Å². The van der Waals surface area contributed by atoms with Gasteiger partial charge in [-0.2, -0.15) is 0 Å². The van der Waals surface area contributed by atoms with Gasteiger partial charge in [0, 0.05) is 12.6 Å². The Balaban J connectivity index is 1.96. The molecule has 1 aromatic heterocycles. The number of benzene rings is 2. The van der Waals surface area contributed by atoms with E-state index in [1.165, 1.54) is 9.47 Å². The van der Waals surface area contributed by atoms with Gasteiger partial charge in [-0.15, -0.1) is 0 Å². The Hall–Kier alpha value is -3.65. The fraction of sp³-hybridized carbons (Fsp3) is 0.393. The molecule has 1 atom stereocenters. The molecule has 8 nitrogen and oxygen atoms in total. The van der Waals surface area contributed by atoms with Gasteiger partial charge in [-0.25, -0.2) is 4.79 Å². The molecule has 0 aliphatic carbocycles. The van der Waals surface area contributed by atoms with Crippen molar-refractivity contribution in [2.45, 2.75) is 47.2 Å². The van der Waals surface area contributed by atoms with Gasteiger partial charge < -0.3 is 16.0 Å². The Morgan fingerprint density at radius 1 is 1.03 bits per heavy atom. The van der Waals surface area contributed by atoms with Crippen LogP contribution < -0.4 is 27.2 Å². The number of nitrogens with zero attached hydrogens (tertiary/aromatic N) is 2. The zero-order chi connectivity index (χ0) is 26.5. The van der Waals surface area contributed by atoms with Crippen LogP contribution in [0.5, 0.6) is 0 Å². The van der Waals surface area contributed by atoms with E-state index in [4.69, 9.17) is 5.73 Å². The normalized spacial score (nSPS) is 12.5. The average molecular weight is 492 g/mol. The van der Waals surface area contributed by atoms with Crippen molar-refractivity contribution >= 4 is 17.4 Å². The fourth-order valence-electron chi connectivity index (χ4n) is 4.30. The lowest BCUT2D eigenvalue weighted by Crippen LogP contribution is -2.47. The van der Waals surface area contributed by atoms with Gasteiger partial charge >= 0.3 is 5.69 Å². The summed E-state index contributed by atoms with van der Waals surface area (Å²) in [5.74, 6) is -0.261. The Labute approximate surface area is 212 Å². The maximum Gasteiger partial charge on any atom is 0.330 e. The van der Waals surface area contributed by atoms with Crippen molar-refractivity contribution in [1.82, 2.24) is 14.9 Å². The highest BCUT2D eigenvalue weighted by Crippen LogP contribution is 2.32. The van der Waals surface area contributed by atoms with Crippen LogP contribution >= 0.6 is 0 Å². The summed E-state index contributed by atoms with van der Waals surface area (Å²) >= 11 is 0. The standard InChI is InChI=1S/C28H37N5O3/c1-19(2)17-32(22(34)16-30-24(28(3,4)5)21-14-10-7-11-15-21)23-25(29)33(27(36)31-26(23)35)18-20-12-8-6-9-13-20/h6-15,19,24,30H,16-18,29H2,1-5H3,(H,31,35,36). The molecule has 8 heteroatoms. The third-order valence-electron chi connectivity index (χ3n) is 5.97. The first-order valence-electron chi connectivity index (χ1n) is 12.2. The maximum absolute atomic E-state index is 13.6. The number of aromatic nitrogens is 2. The van der Waals surface area contributed by atoms with Crippen molar-refractivity contribution in [2.24, 2.45) is 11.3 Å². The van der Waals surface area contributed by atoms with Crippen LogP contribution in [0.2, 0.25) is 0 Å². The molecule has 192 valence electrons. The summed E-state index contributed by atoms with van der Waals surface area (Å²) in [6, 6.07) is 19.2. The number of hydrogen-bond donors (Lipinski definition) is 3. The monoisotopic (exact) mass is 491 g/mol. The zero-order valence-electron chi connectivity index (χ0n) is 21.7. The molecule has 0 aliphatic rings. The minimum absolute atomic E-state index is 0.000241. The molecular weight excluding hydrogens is 454 g/mol. The van der Waals surface area contributed by atoms with Gasteiger partial charge in [0.1, 0.15) is 5.82 Å². The first-order chi connectivity index (χ1) is 17.0. The van der Waals surface area contributed by atoms with E-state index < -0.39 is 11.2 Å². The number of anilines is 2. The molecule has 0 fully saturated rings. The molecule has 3 rings (SSSR count). The van der Waals surface area contributed by atoms with E-state index in [2.05, 4.69) is 31.1 Å². The third kappa shape index (κ3) is 6.51. The Bertz CT molecular complexity index is 1270. The van der Waals surface area contributed by atoms with Crippen LogP contribution in [-0.4, -0.2) is 28.5 Å². The van der Waals surface area contributed by atoms with E-state index >= 15 is 0 Å². The molecule has 0 aliphatic heterocycles. The molecule has 0 saturated carbocycles. The van der Waals surface area contributed by atoms with E-state index in [9.17, 15) is 14.4 Å². The lowest BCUT2D eigenvalue weighted by molar-refractivity contribution is -0.118. The lowest BCUT2D eigenvalue weighted by Gasteiger charge is -2.33. The second kappa shape index (κ2) is 11.4. The summed E-state index contributed by atoms with van der Waals surface area (Å²) in [7, 11) is 0. The minimum Gasteiger partial charge on any atom is -0.383 e. The SMILES string of the molecule is CC(C)CN(C(=O)CNC(c1ccccc1)C(C)(C)C)c1c(N)n(Cc2ccccc2)c(=O)[nH]c1=O. The van der Waals surface area contributed by atoms with Crippen LogP contribution in [0.25, 0.3) is 0 Å². The number of nitrogen functional groups attached to an aromatic ring is 1. The molecule has 0 bridgehead atoms. The number of nitrogens with one attached hydrogen (secondary N) is 2. The topological polar surface area (TPSA) is 113 Å². The highest BCUT2D eigenvalue weighted by atomic mass is 16.2. The minimum atomic E-state index is -0.675. The second-order valence-electron chi connectivity index (χ2n) is 10.6. The van der Waals surface area contributed by atoms with Crippen molar-refractivity contribution in [1.29, 1.82) is 0 Å². The summed E-state index contributed by atoms with van der Waals surface area (Å²) in [5, 5.41) is 3.39. The number of carbonyl (C=O) groups excluding carboxylic acids is 1. The Morgan fingerprint density at radius 3 is 2.17 bits per heavy atom. The van der Waals surface area contributed by atoms with Crippen LogP contribution in [0.15, 0.2) is 70.3 Å². The molecular formula is C28H37N5O3. The van der Waals surface area contributed by atoms with E-state index in [1.807, 2.05) is 74.5 Å². The zero-order valence-corrected chi connectivity index (χ0v) is 21.7. The number of aromatic amines is 1. The van der Waals surface area contributed by atoms with Crippen LogP contribution in [0.4, 0.5) is 11.5 Å². The number of rotatable bonds is 9. The summed E-state index contributed by atoms with van der Waals surface area (Å²) in [4.78, 5) is 42.9. The maximum atomic E-state index is 13.6. The predicted octanol–water partition coefficient (Wildman–Crippen LogP) is 3.53. The van der Waals surface area contributed by atoms with Crippen molar-refractivity contribution in [3.8, 4) is 0 Å². The van der Waals surface area contributed by atoms with E-state index in [-0.39, 0.29) is 54.4 Å². The number of amides is 1. The van der Waals surface area contributed by atoms with E-state index in [1.54, 1.807) is 0 Å². The van der Waals surface area contributed by atoms with Crippen molar-refractivity contribution < 1.29 is 4.79 Å². The summed E-state index contributed by atoms with van der Waals surface area (Å²) < 4.78 is 1.29. The Morgan fingerprint density at radius 2 is 1.61 bits per heavy atom. The number of H-pyrrole nitrogens is 1. The quantitative estimate of drug-likeness (QED) is 0.424. The molecule has 0 saturated heterocycles. The molecule has 4 N–H and O–H groups in total.